The van der Waals surface area contributed by atoms with Gasteiger partial charge in [0.05, 0.1) is 11.2 Å². The highest BCUT2D eigenvalue weighted by Crippen LogP contribution is 2.39. The number of hydrogen-bond acceptors (Lipinski definition) is 5. The van der Waals surface area contributed by atoms with E-state index in [1.165, 1.54) is 5.56 Å². The molecule has 0 aromatic heterocycles. The molecule has 2 aromatic carbocycles. The molecule has 2 aromatic rings. The van der Waals surface area contributed by atoms with Crippen LogP contribution >= 0.6 is 0 Å². The monoisotopic (exact) mass is 436 g/mol. The molecule has 3 N–H and O–H groups in total. The number of nitrogens with two attached hydrogens (primary N) is 1. The Kier molecular flexibility index (Phi) is 7.31. The van der Waals surface area contributed by atoms with Gasteiger partial charge in [0.15, 0.2) is 0 Å². The SMILES string of the molecule is CCc1ccc(N)c(C=C(CNC(=O)OCc2ccccc2)B2OC(C)(C)C(C)(C)O2)c1. The van der Waals surface area contributed by atoms with E-state index in [2.05, 4.69) is 12.2 Å². The Balaban J connectivity index is 1.77. The summed E-state index contributed by atoms with van der Waals surface area (Å²) >= 11 is 0. The van der Waals surface area contributed by atoms with E-state index in [4.69, 9.17) is 19.8 Å². The third-order valence-corrected chi connectivity index (χ3v) is 6.11. The summed E-state index contributed by atoms with van der Waals surface area (Å²) in [5.74, 6) is 0. The average Bonchev–Trinajstić information content (AvgIpc) is 2.98. The first kappa shape index (κ1) is 23.9. The van der Waals surface area contributed by atoms with Crippen LogP contribution in [0.4, 0.5) is 10.5 Å². The molecule has 6 nitrogen and oxygen atoms in total. The number of nitrogen functional groups attached to an aromatic ring is 1. The Labute approximate surface area is 191 Å². The molecule has 1 amide bonds. The minimum atomic E-state index is -0.612. The van der Waals surface area contributed by atoms with Crippen molar-refractivity contribution in [1.29, 1.82) is 0 Å². The predicted molar refractivity (Wildman–Crippen MR) is 129 cm³/mol. The number of carbonyl (C=O) groups is 1. The topological polar surface area (TPSA) is 82.8 Å². The van der Waals surface area contributed by atoms with Gasteiger partial charge in [-0.2, -0.15) is 0 Å². The number of amides is 1. The molecule has 1 saturated heterocycles. The van der Waals surface area contributed by atoms with Gasteiger partial charge in [0, 0.05) is 12.2 Å². The van der Waals surface area contributed by atoms with Gasteiger partial charge in [0.25, 0.3) is 0 Å². The largest absolute Gasteiger partial charge is 0.492 e. The molecule has 0 bridgehead atoms. The zero-order chi connectivity index (χ0) is 23.4. The molecule has 0 aliphatic carbocycles. The van der Waals surface area contributed by atoms with E-state index in [1.54, 1.807) is 0 Å². The first-order valence-corrected chi connectivity index (χ1v) is 11.0. The normalized spacial score (nSPS) is 17.3. The van der Waals surface area contributed by atoms with E-state index in [-0.39, 0.29) is 13.2 Å². The number of carbonyl (C=O) groups excluding carboxylic acids is 1. The molecule has 0 unspecified atom stereocenters. The lowest BCUT2D eigenvalue weighted by Gasteiger charge is -2.32. The summed E-state index contributed by atoms with van der Waals surface area (Å²) < 4.78 is 17.8. The molecule has 0 spiro atoms. The molecule has 1 aliphatic rings. The Hall–Kier alpha value is -2.77. The third-order valence-electron chi connectivity index (χ3n) is 6.11. The molecule has 170 valence electrons. The lowest BCUT2D eigenvalue weighted by atomic mass is 9.76. The van der Waals surface area contributed by atoms with Crippen LogP contribution < -0.4 is 11.1 Å². The molecule has 1 fully saturated rings. The Morgan fingerprint density at radius 1 is 1.06 bits per heavy atom. The van der Waals surface area contributed by atoms with Crippen molar-refractivity contribution in [3.63, 3.8) is 0 Å². The van der Waals surface area contributed by atoms with Crippen molar-refractivity contribution in [3.8, 4) is 0 Å². The van der Waals surface area contributed by atoms with Gasteiger partial charge < -0.3 is 25.1 Å². The van der Waals surface area contributed by atoms with Crippen LogP contribution in [0.3, 0.4) is 0 Å². The number of benzene rings is 2. The van der Waals surface area contributed by atoms with E-state index in [9.17, 15) is 4.79 Å². The van der Waals surface area contributed by atoms with Gasteiger partial charge in [0.2, 0.25) is 0 Å². The predicted octanol–water partition coefficient (Wildman–Crippen LogP) is 4.77. The molecule has 7 heteroatoms. The maximum absolute atomic E-state index is 12.3. The molecule has 0 radical (unpaired) electrons. The quantitative estimate of drug-likeness (QED) is 0.483. The van der Waals surface area contributed by atoms with Crippen molar-refractivity contribution in [1.82, 2.24) is 5.32 Å². The maximum Gasteiger partial charge on any atom is 0.492 e. The van der Waals surface area contributed by atoms with Crippen molar-refractivity contribution in [2.45, 2.75) is 58.8 Å². The highest BCUT2D eigenvalue weighted by atomic mass is 16.7. The fraction of sp³-hybridized carbons (Fsp3) is 0.400. The van der Waals surface area contributed by atoms with Crippen LogP contribution in [0.1, 0.15) is 51.3 Å². The highest BCUT2D eigenvalue weighted by molar-refractivity contribution is 6.56. The summed E-state index contributed by atoms with van der Waals surface area (Å²) in [7, 11) is -0.612. The van der Waals surface area contributed by atoms with Crippen LogP contribution in [-0.2, 0) is 27.1 Å². The fourth-order valence-electron chi connectivity index (χ4n) is 3.31. The van der Waals surface area contributed by atoms with Gasteiger partial charge >= 0.3 is 13.2 Å². The minimum Gasteiger partial charge on any atom is -0.445 e. The lowest BCUT2D eigenvalue weighted by Crippen LogP contribution is -2.41. The number of nitrogens with one attached hydrogen (secondary N) is 1. The fourth-order valence-corrected chi connectivity index (χ4v) is 3.31. The number of aryl methyl sites for hydroxylation is 1. The van der Waals surface area contributed by atoms with Crippen LogP contribution in [-0.4, -0.2) is 31.0 Å². The summed E-state index contributed by atoms with van der Waals surface area (Å²) in [6.45, 7) is 10.5. The number of rotatable bonds is 7. The van der Waals surface area contributed by atoms with Crippen molar-refractivity contribution in [3.05, 3.63) is 70.7 Å². The summed E-state index contributed by atoms with van der Waals surface area (Å²) in [5, 5.41) is 2.82. The molecule has 0 saturated carbocycles. The molecule has 1 heterocycles. The van der Waals surface area contributed by atoms with E-state index in [1.807, 2.05) is 82.3 Å². The Morgan fingerprint density at radius 3 is 2.34 bits per heavy atom. The summed E-state index contributed by atoms with van der Waals surface area (Å²) in [6.07, 6.45) is 2.33. The molecular formula is C25H33BN2O4. The average molecular weight is 436 g/mol. The Morgan fingerprint density at radius 2 is 1.72 bits per heavy atom. The zero-order valence-corrected chi connectivity index (χ0v) is 19.6. The first-order chi connectivity index (χ1) is 15.1. The molecule has 1 aliphatic heterocycles. The second-order valence-electron chi connectivity index (χ2n) is 9.04. The van der Waals surface area contributed by atoms with Gasteiger partial charge in [0.1, 0.15) is 6.61 Å². The Bertz CT molecular complexity index is 957. The van der Waals surface area contributed by atoms with Crippen LogP contribution in [0.25, 0.3) is 6.08 Å². The van der Waals surface area contributed by atoms with Crippen molar-refractivity contribution in [2.75, 3.05) is 12.3 Å². The smallest absolute Gasteiger partial charge is 0.445 e. The number of ether oxygens (including phenoxy) is 1. The van der Waals surface area contributed by atoms with Gasteiger partial charge in [-0.15, -0.1) is 0 Å². The van der Waals surface area contributed by atoms with Gasteiger partial charge in [-0.1, -0.05) is 49.4 Å². The summed E-state index contributed by atoms with van der Waals surface area (Å²) in [5.41, 5.74) is 9.62. The molecule has 3 rings (SSSR count). The molecular weight excluding hydrogens is 403 g/mol. The minimum absolute atomic E-state index is 0.202. The van der Waals surface area contributed by atoms with Crippen LogP contribution in [0, 0.1) is 0 Å². The first-order valence-electron chi connectivity index (χ1n) is 11.0. The van der Waals surface area contributed by atoms with E-state index >= 15 is 0 Å². The molecule has 32 heavy (non-hydrogen) atoms. The van der Waals surface area contributed by atoms with Crippen LogP contribution in [0.5, 0.6) is 0 Å². The van der Waals surface area contributed by atoms with Crippen molar-refractivity contribution < 1.29 is 18.8 Å². The number of alkyl carbamates (subject to hydrolysis) is 1. The van der Waals surface area contributed by atoms with Crippen molar-refractivity contribution >= 4 is 25.0 Å². The van der Waals surface area contributed by atoms with Gasteiger partial charge in [-0.05, 0) is 68.4 Å². The second kappa shape index (κ2) is 9.80. The van der Waals surface area contributed by atoms with Crippen LogP contribution in [0.2, 0.25) is 0 Å². The number of anilines is 1. The number of hydrogen-bond donors (Lipinski definition) is 2. The molecule has 0 atom stereocenters. The van der Waals surface area contributed by atoms with Gasteiger partial charge in [-0.3, -0.25) is 0 Å². The van der Waals surface area contributed by atoms with E-state index in [0.29, 0.717) is 5.69 Å². The third kappa shape index (κ3) is 5.72. The van der Waals surface area contributed by atoms with Gasteiger partial charge in [-0.25, -0.2) is 4.79 Å². The maximum atomic E-state index is 12.3. The second-order valence-corrected chi connectivity index (χ2v) is 9.04. The zero-order valence-electron chi connectivity index (χ0n) is 19.6. The van der Waals surface area contributed by atoms with Crippen molar-refractivity contribution in [2.24, 2.45) is 0 Å². The van der Waals surface area contributed by atoms with Crippen LogP contribution in [0.15, 0.2) is 54.0 Å². The summed E-state index contributed by atoms with van der Waals surface area (Å²) in [6, 6.07) is 15.5. The van der Waals surface area contributed by atoms with E-state index in [0.717, 1.165) is 23.0 Å². The summed E-state index contributed by atoms with van der Waals surface area (Å²) in [4.78, 5) is 12.3. The van der Waals surface area contributed by atoms with E-state index < -0.39 is 24.4 Å². The lowest BCUT2D eigenvalue weighted by molar-refractivity contribution is 0.00578. The highest BCUT2D eigenvalue weighted by Gasteiger charge is 2.52. The standard InChI is InChI=1S/C25H33BN2O4/c1-6-18-12-13-22(27)20(14-18)15-21(26-31-24(2,3)25(4,5)32-26)16-28-23(29)30-17-19-10-8-7-9-11-19/h7-15H,6,16-17,27H2,1-5H3,(H,28,29).